The number of halogens is 1. The number of methoxy groups -OCH3 is 1. The number of aliphatic hydroxyl groups is 1. The van der Waals surface area contributed by atoms with Gasteiger partial charge in [-0.25, -0.2) is 0 Å². The fourth-order valence-corrected chi connectivity index (χ4v) is 2.81. The minimum absolute atomic E-state index is 0.197. The van der Waals surface area contributed by atoms with Gasteiger partial charge in [-0.1, -0.05) is 35.2 Å². The van der Waals surface area contributed by atoms with Crippen molar-refractivity contribution in [1.29, 1.82) is 0 Å². The van der Waals surface area contributed by atoms with Gasteiger partial charge in [0.15, 0.2) is 6.29 Å². The van der Waals surface area contributed by atoms with Gasteiger partial charge in [-0.05, 0) is 25.0 Å². The number of nitrogens with two attached hydrogens (primary N) is 2. The number of aldehydes is 1. The summed E-state index contributed by atoms with van der Waals surface area (Å²) in [6.45, 7) is -0.278. The highest BCUT2D eigenvalue weighted by Gasteiger charge is 2.28. The van der Waals surface area contributed by atoms with Gasteiger partial charge >= 0.3 is 5.97 Å². The zero-order chi connectivity index (χ0) is 18.6. The summed E-state index contributed by atoms with van der Waals surface area (Å²) in [4.78, 5) is 19.7. The standard InChI is InChI=1S/C8H9BrO3.C6H13N.C2H5NO2/c1-12-7-2-6(9)3-8(11,4-7)5-10;7-6-4-2-1-3-5-6;3-1-2(4)5/h2-3,5,11H,4H2,1H3;6H,1-5,7H2;1,3H2,(H,4,5). The number of aliphatic carboxylic acids is 1. The maximum absolute atomic E-state index is 10.5. The van der Waals surface area contributed by atoms with E-state index in [2.05, 4.69) is 21.7 Å². The van der Waals surface area contributed by atoms with Crippen molar-refractivity contribution in [2.75, 3.05) is 13.7 Å². The highest BCUT2D eigenvalue weighted by Crippen LogP contribution is 2.27. The van der Waals surface area contributed by atoms with Crippen molar-refractivity contribution >= 4 is 28.2 Å². The maximum atomic E-state index is 10.5. The van der Waals surface area contributed by atoms with Crippen LogP contribution in [0.2, 0.25) is 0 Å². The van der Waals surface area contributed by atoms with E-state index in [1.807, 2.05) is 0 Å². The Bertz CT molecular complexity index is 461. The Labute approximate surface area is 150 Å². The Morgan fingerprint density at radius 3 is 2.33 bits per heavy atom. The molecule has 0 saturated heterocycles. The summed E-state index contributed by atoms with van der Waals surface area (Å²) in [5, 5.41) is 17.2. The van der Waals surface area contributed by atoms with Gasteiger partial charge in [0.1, 0.15) is 11.4 Å². The molecule has 0 spiro atoms. The fourth-order valence-electron chi connectivity index (χ4n) is 2.16. The molecule has 1 saturated carbocycles. The molecule has 0 bridgehead atoms. The SMILES string of the molecule is COC1=CC(Br)=CC(O)(C=O)C1.NC1CCCCC1.NCC(=O)O. The summed E-state index contributed by atoms with van der Waals surface area (Å²) >= 11 is 3.17. The molecule has 2 aliphatic rings. The molecule has 1 atom stereocenters. The van der Waals surface area contributed by atoms with Crippen molar-refractivity contribution in [3.05, 3.63) is 22.4 Å². The maximum Gasteiger partial charge on any atom is 0.317 e. The first-order valence-corrected chi connectivity index (χ1v) is 8.54. The van der Waals surface area contributed by atoms with Crippen LogP contribution in [0.1, 0.15) is 38.5 Å². The molecular weight excluding hydrogens is 380 g/mol. The molecule has 0 amide bonds. The minimum atomic E-state index is -1.42. The zero-order valence-electron chi connectivity index (χ0n) is 13.9. The number of ether oxygens (including phenoxy) is 1. The number of carboxylic acid groups (broad SMARTS) is 1. The van der Waals surface area contributed by atoms with E-state index < -0.39 is 11.6 Å². The highest BCUT2D eigenvalue weighted by atomic mass is 79.9. The van der Waals surface area contributed by atoms with Crippen LogP contribution in [0.15, 0.2) is 22.4 Å². The molecule has 1 unspecified atom stereocenters. The Hall–Kier alpha value is -1.22. The molecule has 138 valence electrons. The highest BCUT2D eigenvalue weighted by molar-refractivity contribution is 9.11. The third-order valence-corrected chi connectivity index (χ3v) is 3.89. The van der Waals surface area contributed by atoms with Crippen molar-refractivity contribution in [3.8, 4) is 0 Å². The Balaban J connectivity index is 0.000000373. The molecule has 7 nitrogen and oxygen atoms in total. The van der Waals surface area contributed by atoms with Crippen molar-refractivity contribution < 1.29 is 24.5 Å². The van der Waals surface area contributed by atoms with Crippen LogP contribution in [0.4, 0.5) is 0 Å². The van der Waals surface area contributed by atoms with Crippen molar-refractivity contribution in [2.24, 2.45) is 11.5 Å². The lowest BCUT2D eigenvalue weighted by atomic mass is 9.96. The fraction of sp³-hybridized carbons (Fsp3) is 0.625. The predicted molar refractivity (Wildman–Crippen MR) is 95.5 cm³/mol. The first kappa shape index (κ1) is 22.8. The van der Waals surface area contributed by atoms with E-state index in [0.717, 1.165) is 0 Å². The van der Waals surface area contributed by atoms with Gasteiger partial charge in [0.05, 0.1) is 13.7 Å². The van der Waals surface area contributed by atoms with Gasteiger partial charge in [-0.3, -0.25) is 9.59 Å². The quantitative estimate of drug-likeness (QED) is 0.520. The number of hydrogen-bond donors (Lipinski definition) is 4. The third-order valence-electron chi connectivity index (χ3n) is 3.43. The Morgan fingerprint density at radius 2 is 2.00 bits per heavy atom. The molecule has 0 radical (unpaired) electrons. The van der Waals surface area contributed by atoms with Gasteiger partial charge in [-0.15, -0.1) is 0 Å². The molecule has 0 aliphatic heterocycles. The second-order valence-electron chi connectivity index (χ2n) is 5.63. The lowest BCUT2D eigenvalue weighted by Crippen LogP contribution is -2.30. The number of carbonyl (C=O) groups excluding carboxylic acids is 1. The summed E-state index contributed by atoms with van der Waals surface area (Å²) in [6.07, 6.45) is 10.5. The number of rotatable bonds is 3. The second kappa shape index (κ2) is 12.2. The Kier molecular flexibility index (Phi) is 11.6. The van der Waals surface area contributed by atoms with Crippen molar-refractivity contribution in [3.63, 3.8) is 0 Å². The van der Waals surface area contributed by atoms with Gasteiger partial charge in [0.25, 0.3) is 0 Å². The zero-order valence-corrected chi connectivity index (χ0v) is 15.5. The van der Waals surface area contributed by atoms with Crippen LogP contribution in [-0.4, -0.2) is 47.8 Å². The first-order chi connectivity index (χ1) is 11.3. The van der Waals surface area contributed by atoms with Crippen LogP contribution in [0.25, 0.3) is 0 Å². The van der Waals surface area contributed by atoms with Crippen molar-refractivity contribution in [1.82, 2.24) is 0 Å². The topological polar surface area (TPSA) is 136 Å². The Morgan fingerprint density at radius 1 is 1.46 bits per heavy atom. The van der Waals surface area contributed by atoms with Gasteiger partial charge in [0.2, 0.25) is 0 Å². The normalized spacial score (nSPS) is 23.4. The monoisotopic (exact) mass is 406 g/mol. The molecule has 2 aliphatic carbocycles. The van der Waals surface area contributed by atoms with Crippen LogP contribution in [0.5, 0.6) is 0 Å². The lowest BCUT2D eigenvalue weighted by Gasteiger charge is -2.22. The molecule has 24 heavy (non-hydrogen) atoms. The van der Waals surface area contributed by atoms with Gasteiger partial charge < -0.3 is 26.4 Å². The molecule has 2 rings (SSSR count). The van der Waals surface area contributed by atoms with E-state index in [-0.39, 0.29) is 13.0 Å². The largest absolute Gasteiger partial charge is 0.501 e. The number of hydrogen-bond acceptors (Lipinski definition) is 6. The molecular formula is C16H27BrN2O5. The summed E-state index contributed by atoms with van der Waals surface area (Å²) in [5.41, 5.74) is 8.79. The molecule has 0 aromatic rings. The van der Waals surface area contributed by atoms with E-state index >= 15 is 0 Å². The van der Waals surface area contributed by atoms with Crippen LogP contribution in [0.3, 0.4) is 0 Å². The number of carbonyl (C=O) groups is 2. The first-order valence-electron chi connectivity index (χ1n) is 7.75. The van der Waals surface area contributed by atoms with Gasteiger partial charge in [0, 0.05) is 16.9 Å². The average Bonchev–Trinajstić information content (AvgIpc) is 2.56. The van der Waals surface area contributed by atoms with Crippen LogP contribution in [0, 0.1) is 0 Å². The molecule has 6 N–H and O–H groups in total. The number of allylic oxidation sites excluding steroid dienone is 2. The molecule has 0 aromatic carbocycles. The molecule has 0 aromatic heterocycles. The summed E-state index contributed by atoms with van der Waals surface area (Å²) in [5.74, 6) is -0.385. The summed E-state index contributed by atoms with van der Waals surface area (Å²) < 4.78 is 5.58. The van der Waals surface area contributed by atoms with Crippen LogP contribution < -0.4 is 11.5 Å². The summed E-state index contributed by atoms with van der Waals surface area (Å²) in [7, 11) is 1.50. The predicted octanol–water partition coefficient (Wildman–Crippen LogP) is 1.44. The van der Waals surface area contributed by atoms with Crippen molar-refractivity contribution in [2.45, 2.75) is 50.2 Å². The molecule has 8 heteroatoms. The number of carboxylic acids is 1. The molecule has 1 fully saturated rings. The second-order valence-corrected chi connectivity index (χ2v) is 6.54. The van der Waals surface area contributed by atoms with E-state index in [9.17, 15) is 14.7 Å². The van der Waals surface area contributed by atoms with E-state index in [1.165, 1.54) is 45.3 Å². The van der Waals surface area contributed by atoms with Crippen LogP contribution in [-0.2, 0) is 14.3 Å². The van der Waals surface area contributed by atoms with Gasteiger partial charge in [-0.2, -0.15) is 0 Å². The smallest absolute Gasteiger partial charge is 0.317 e. The average molecular weight is 407 g/mol. The lowest BCUT2D eigenvalue weighted by molar-refractivity contribution is -0.135. The minimum Gasteiger partial charge on any atom is -0.501 e. The molecule has 0 heterocycles. The van der Waals surface area contributed by atoms with E-state index in [1.54, 1.807) is 6.08 Å². The van der Waals surface area contributed by atoms with E-state index in [0.29, 0.717) is 22.6 Å². The summed E-state index contributed by atoms with van der Waals surface area (Å²) in [6, 6.07) is 0.536. The van der Waals surface area contributed by atoms with Crippen LogP contribution >= 0.6 is 15.9 Å². The third kappa shape index (κ3) is 10.5. The van der Waals surface area contributed by atoms with E-state index in [4.69, 9.17) is 15.6 Å².